The minimum absolute atomic E-state index is 0.968. The molecule has 1 N–H and O–H groups in total. The van der Waals surface area contributed by atoms with Crippen molar-refractivity contribution in [1.29, 1.82) is 0 Å². The predicted octanol–water partition coefficient (Wildman–Crippen LogP) is 6.93. The Balaban J connectivity index is 0.00000126. The van der Waals surface area contributed by atoms with Gasteiger partial charge in [0.1, 0.15) is 0 Å². The highest BCUT2D eigenvalue weighted by Gasteiger charge is 2.09. The molecule has 27 heavy (non-hydrogen) atoms. The van der Waals surface area contributed by atoms with E-state index in [1.165, 1.54) is 33.0 Å². The molecular formula is C26H33N. The molecule has 0 heterocycles. The van der Waals surface area contributed by atoms with Crippen molar-refractivity contribution >= 4 is 16.5 Å². The van der Waals surface area contributed by atoms with Gasteiger partial charge in [0.25, 0.3) is 0 Å². The first-order chi connectivity index (χ1) is 13.2. The lowest BCUT2D eigenvalue weighted by Crippen LogP contribution is -2.13. The molecule has 3 rings (SSSR count). The van der Waals surface area contributed by atoms with Crippen molar-refractivity contribution in [1.82, 2.24) is 5.32 Å². The third-order valence-corrected chi connectivity index (χ3v) is 4.85. The van der Waals surface area contributed by atoms with Crippen molar-refractivity contribution in [2.75, 3.05) is 6.54 Å². The number of aryl methyl sites for hydroxylation is 3. The summed E-state index contributed by atoms with van der Waals surface area (Å²) in [6.07, 6.45) is 3.18. The van der Waals surface area contributed by atoms with E-state index < -0.39 is 0 Å². The second-order valence-corrected chi connectivity index (χ2v) is 6.64. The summed E-state index contributed by atoms with van der Waals surface area (Å²) < 4.78 is 0. The molecule has 0 bridgehead atoms. The first-order valence-corrected chi connectivity index (χ1v) is 10.2. The zero-order valence-corrected chi connectivity index (χ0v) is 17.3. The number of hydrogen-bond donors (Lipinski definition) is 1. The quantitative estimate of drug-likeness (QED) is 0.482. The van der Waals surface area contributed by atoms with Gasteiger partial charge in [-0.15, -0.1) is 0 Å². The molecule has 142 valence electrons. The summed E-state index contributed by atoms with van der Waals surface area (Å²) in [4.78, 5) is 0. The molecule has 0 spiro atoms. The third kappa shape index (κ3) is 5.23. The summed E-state index contributed by atoms with van der Waals surface area (Å²) >= 11 is 0. The summed E-state index contributed by atoms with van der Waals surface area (Å²) in [7, 11) is 0. The number of hydrogen-bond acceptors (Lipinski definition) is 1. The van der Waals surface area contributed by atoms with Gasteiger partial charge in [-0.1, -0.05) is 88.0 Å². The first-order valence-electron chi connectivity index (χ1n) is 10.2. The number of benzene rings is 3. The number of nitrogens with one attached hydrogen (secondary N) is 1. The molecule has 1 nitrogen and oxygen atoms in total. The van der Waals surface area contributed by atoms with Gasteiger partial charge in [0.05, 0.1) is 0 Å². The average Bonchev–Trinajstić information content (AvgIpc) is 2.73. The van der Waals surface area contributed by atoms with Gasteiger partial charge in [-0.25, -0.2) is 0 Å². The third-order valence-electron chi connectivity index (χ3n) is 4.85. The minimum atomic E-state index is 0.968. The highest BCUT2D eigenvalue weighted by Crippen LogP contribution is 2.25. The lowest BCUT2D eigenvalue weighted by atomic mass is 9.93. The maximum absolute atomic E-state index is 4.23. The van der Waals surface area contributed by atoms with Crippen LogP contribution in [0.3, 0.4) is 0 Å². The molecule has 0 saturated carbocycles. The van der Waals surface area contributed by atoms with Crippen molar-refractivity contribution in [3.05, 3.63) is 89.5 Å². The summed E-state index contributed by atoms with van der Waals surface area (Å²) in [5.74, 6) is 0. The van der Waals surface area contributed by atoms with Crippen molar-refractivity contribution in [2.24, 2.45) is 0 Å². The topological polar surface area (TPSA) is 12.0 Å². The molecule has 0 fully saturated rings. The standard InChI is InChI=1S/C24H27N.C2H6/c1-4-17-25-19(3)23-11-7-5-9-20(23)15-16-22-18(2)13-14-21-10-6-8-12-24(21)22;1-2/h5-14,25H,3-4,15-17H2,1-2H3;1-2H3. The van der Waals surface area contributed by atoms with Gasteiger partial charge in [0, 0.05) is 17.8 Å². The average molecular weight is 360 g/mol. The van der Waals surface area contributed by atoms with Crippen LogP contribution in [0.5, 0.6) is 0 Å². The van der Waals surface area contributed by atoms with Crippen molar-refractivity contribution < 1.29 is 0 Å². The monoisotopic (exact) mass is 359 g/mol. The van der Waals surface area contributed by atoms with Crippen LogP contribution < -0.4 is 5.32 Å². The van der Waals surface area contributed by atoms with Crippen LogP contribution in [-0.2, 0) is 12.8 Å². The van der Waals surface area contributed by atoms with E-state index in [4.69, 9.17) is 0 Å². The van der Waals surface area contributed by atoms with Crippen molar-refractivity contribution in [3.63, 3.8) is 0 Å². The molecular weight excluding hydrogens is 326 g/mol. The molecule has 0 aromatic heterocycles. The van der Waals surface area contributed by atoms with Gasteiger partial charge in [0.15, 0.2) is 0 Å². The van der Waals surface area contributed by atoms with Gasteiger partial charge < -0.3 is 5.32 Å². The predicted molar refractivity (Wildman–Crippen MR) is 121 cm³/mol. The fourth-order valence-corrected chi connectivity index (χ4v) is 3.44. The fourth-order valence-electron chi connectivity index (χ4n) is 3.44. The molecule has 0 amide bonds. The molecule has 0 aliphatic heterocycles. The molecule has 0 radical (unpaired) electrons. The van der Waals surface area contributed by atoms with Crippen LogP contribution >= 0.6 is 0 Å². The van der Waals surface area contributed by atoms with E-state index in [1.807, 2.05) is 13.8 Å². The Hall–Kier alpha value is -2.54. The lowest BCUT2D eigenvalue weighted by Gasteiger charge is -2.15. The van der Waals surface area contributed by atoms with E-state index in [0.717, 1.165) is 31.5 Å². The van der Waals surface area contributed by atoms with E-state index in [1.54, 1.807) is 0 Å². The highest BCUT2D eigenvalue weighted by molar-refractivity contribution is 5.86. The van der Waals surface area contributed by atoms with E-state index in [0.29, 0.717) is 0 Å². The smallest absolute Gasteiger partial charge is 0.0343 e. The van der Waals surface area contributed by atoms with Crippen LogP contribution in [0, 0.1) is 6.92 Å². The van der Waals surface area contributed by atoms with E-state index >= 15 is 0 Å². The second kappa shape index (κ2) is 10.6. The normalized spacial score (nSPS) is 10.2. The van der Waals surface area contributed by atoms with Crippen molar-refractivity contribution in [2.45, 2.75) is 47.0 Å². The Morgan fingerprint density at radius 3 is 2.37 bits per heavy atom. The van der Waals surface area contributed by atoms with Gasteiger partial charge in [0.2, 0.25) is 0 Å². The van der Waals surface area contributed by atoms with Crippen LogP contribution in [0.25, 0.3) is 16.5 Å². The maximum atomic E-state index is 4.23. The molecule has 0 saturated heterocycles. The van der Waals surface area contributed by atoms with Crippen LogP contribution in [0.1, 0.15) is 49.4 Å². The molecule has 3 aromatic carbocycles. The summed E-state index contributed by atoms with van der Waals surface area (Å²) in [6, 6.07) is 21.8. The first kappa shape index (κ1) is 20.8. The van der Waals surface area contributed by atoms with Gasteiger partial charge in [-0.2, -0.15) is 0 Å². The molecule has 0 atom stereocenters. The van der Waals surface area contributed by atoms with Crippen LogP contribution in [-0.4, -0.2) is 6.54 Å². The van der Waals surface area contributed by atoms with Crippen LogP contribution in [0.4, 0.5) is 0 Å². The Labute approximate surface area is 165 Å². The Morgan fingerprint density at radius 1 is 0.889 bits per heavy atom. The van der Waals surface area contributed by atoms with E-state index in [9.17, 15) is 0 Å². The lowest BCUT2D eigenvalue weighted by molar-refractivity contribution is 0.822. The fraction of sp³-hybridized carbons (Fsp3) is 0.308. The Bertz CT molecular complexity index is 876. The molecule has 0 aliphatic rings. The van der Waals surface area contributed by atoms with E-state index in [-0.39, 0.29) is 0 Å². The maximum Gasteiger partial charge on any atom is 0.0343 e. The Morgan fingerprint density at radius 2 is 1.59 bits per heavy atom. The molecule has 0 aliphatic carbocycles. The highest BCUT2D eigenvalue weighted by atomic mass is 14.9. The SMILES string of the molecule is C=C(NCCC)c1ccccc1CCc1c(C)ccc2ccccc12.CC. The largest absolute Gasteiger partial charge is 0.385 e. The van der Waals surface area contributed by atoms with E-state index in [2.05, 4.69) is 86.4 Å². The zero-order valence-electron chi connectivity index (χ0n) is 17.3. The summed E-state index contributed by atoms with van der Waals surface area (Å²) in [6.45, 7) is 13.6. The van der Waals surface area contributed by atoms with Crippen LogP contribution in [0.2, 0.25) is 0 Å². The van der Waals surface area contributed by atoms with Gasteiger partial charge >= 0.3 is 0 Å². The zero-order chi connectivity index (χ0) is 19.6. The van der Waals surface area contributed by atoms with Crippen molar-refractivity contribution in [3.8, 4) is 0 Å². The van der Waals surface area contributed by atoms with Crippen LogP contribution in [0.15, 0.2) is 67.2 Å². The molecule has 1 heteroatoms. The summed E-state index contributed by atoms with van der Waals surface area (Å²) in [5, 5.41) is 6.14. The second-order valence-electron chi connectivity index (χ2n) is 6.64. The number of rotatable bonds is 7. The van der Waals surface area contributed by atoms with Gasteiger partial charge in [-0.05, 0) is 53.6 Å². The Kier molecular flexibility index (Phi) is 8.13. The number of fused-ring (bicyclic) bond motifs is 1. The molecule has 3 aromatic rings. The minimum Gasteiger partial charge on any atom is -0.385 e. The summed E-state index contributed by atoms with van der Waals surface area (Å²) in [5.41, 5.74) is 6.48. The van der Waals surface area contributed by atoms with Gasteiger partial charge in [-0.3, -0.25) is 0 Å². The molecule has 0 unspecified atom stereocenters.